The molecule has 0 fully saturated rings. The number of carbonyl (C=O) groups is 2. The van der Waals surface area contributed by atoms with E-state index in [1.165, 1.54) is 0 Å². The van der Waals surface area contributed by atoms with Gasteiger partial charge in [-0.2, -0.15) is 0 Å². The highest BCUT2D eigenvalue weighted by Gasteiger charge is 2.19. The van der Waals surface area contributed by atoms with E-state index in [-0.39, 0.29) is 0 Å². The van der Waals surface area contributed by atoms with Gasteiger partial charge in [-0.1, -0.05) is 35.6 Å². The Morgan fingerprint density at radius 2 is 2.04 bits per heavy atom. The molecule has 0 radical (unpaired) electrons. The molecule has 0 saturated heterocycles. The van der Waals surface area contributed by atoms with Crippen molar-refractivity contribution in [2.24, 2.45) is 5.73 Å². The molecule has 2 aromatic carbocycles. The fraction of sp³-hybridized carbons (Fsp3) is 0.105. The van der Waals surface area contributed by atoms with E-state index in [1.807, 2.05) is 34.9 Å². The molecule has 3 N–H and O–H groups in total. The third-order valence-electron chi connectivity index (χ3n) is 4.05. The number of para-hydroxylation sites is 1. The molecule has 7 nitrogen and oxygen atoms in total. The van der Waals surface area contributed by atoms with Crippen LogP contribution in [0.1, 0.15) is 6.42 Å². The number of esters is 1. The first-order valence-corrected chi connectivity index (χ1v) is 8.99. The van der Waals surface area contributed by atoms with Gasteiger partial charge in [0.05, 0.1) is 22.3 Å². The second kappa shape index (κ2) is 6.82. The van der Waals surface area contributed by atoms with Crippen LogP contribution in [0, 0.1) is 0 Å². The zero-order chi connectivity index (χ0) is 19.0. The van der Waals surface area contributed by atoms with Crippen molar-refractivity contribution in [2.45, 2.75) is 12.5 Å². The van der Waals surface area contributed by atoms with Crippen molar-refractivity contribution >= 4 is 38.5 Å². The number of hydrogen-bond acceptors (Lipinski definition) is 6. The number of nitrogens with zero attached hydrogens (tertiary/aromatic N) is 2. The Hall–Kier alpha value is -3.23. The summed E-state index contributed by atoms with van der Waals surface area (Å²) in [6.07, 6.45) is 1.45. The van der Waals surface area contributed by atoms with Crippen LogP contribution in [0.25, 0.3) is 26.4 Å². The van der Waals surface area contributed by atoms with Crippen molar-refractivity contribution in [1.29, 1.82) is 0 Å². The minimum atomic E-state index is -1.21. The van der Waals surface area contributed by atoms with E-state index >= 15 is 0 Å². The minimum Gasteiger partial charge on any atom is -0.481 e. The predicted molar refractivity (Wildman–Crippen MR) is 102 cm³/mol. The van der Waals surface area contributed by atoms with E-state index < -0.39 is 24.4 Å². The number of aliphatic carboxylic acids is 1. The Bertz CT molecular complexity index is 1160. The lowest BCUT2D eigenvalue weighted by Gasteiger charge is -2.09. The average molecular weight is 381 g/mol. The number of thiazole rings is 1. The Morgan fingerprint density at radius 3 is 2.85 bits per heavy atom. The van der Waals surface area contributed by atoms with E-state index in [9.17, 15) is 9.59 Å². The van der Waals surface area contributed by atoms with E-state index in [4.69, 9.17) is 15.6 Å². The van der Waals surface area contributed by atoms with Crippen LogP contribution in [0.4, 0.5) is 0 Å². The van der Waals surface area contributed by atoms with Gasteiger partial charge >= 0.3 is 11.9 Å². The molecule has 0 aliphatic carbocycles. The molecule has 4 rings (SSSR count). The van der Waals surface area contributed by atoms with E-state index in [0.29, 0.717) is 5.75 Å². The largest absolute Gasteiger partial charge is 0.481 e. The van der Waals surface area contributed by atoms with Gasteiger partial charge in [0.2, 0.25) is 0 Å². The van der Waals surface area contributed by atoms with Gasteiger partial charge in [-0.3, -0.25) is 9.20 Å². The van der Waals surface area contributed by atoms with Gasteiger partial charge in [-0.05, 0) is 24.3 Å². The molecular formula is C19H15N3O4S. The van der Waals surface area contributed by atoms with Crippen LogP contribution in [0.2, 0.25) is 0 Å². The smallest absolute Gasteiger partial charge is 0.328 e. The number of hydrogen-bond donors (Lipinski definition) is 2. The summed E-state index contributed by atoms with van der Waals surface area (Å²) in [5.74, 6) is -1.65. The normalized spacial score (nSPS) is 12.3. The Kier molecular flexibility index (Phi) is 4.35. The van der Waals surface area contributed by atoms with Crippen LogP contribution in [-0.4, -0.2) is 32.5 Å². The molecule has 0 saturated carbocycles. The minimum absolute atomic E-state index is 0.291. The Morgan fingerprint density at radius 1 is 1.22 bits per heavy atom. The highest BCUT2D eigenvalue weighted by molar-refractivity contribution is 7.23. The maximum atomic E-state index is 11.9. The topological polar surface area (TPSA) is 107 Å². The predicted octanol–water partition coefficient (Wildman–Crippen LogP) is 2.92. The number of nitrogens with two attached hydrogens (primary N) is 1. The summed E-state index contributed by atoms with van der Waals surface area (Å²) in [7, 11) is 0. The van der Waals surface area contributed by atoms with Crippen molar-refractivity contribution in [3.05, 3.63) is 54.7 Å². The fourth-order valence-electron chi connectivity index (χ4n) is 2.77. The van der Waals surface area contributed by atoms with Gasteiger partial charge < -0.3 is 15.6 Å². The SMILES string of the molecule is NC(CC(=O)O)C(=O)Oc1cccc(-c2cn3c(n2)sc2ccccc23)c1. The number of carboxylic acids is 1. The third-order valence-corrected chi connectivity index (χ3v) is 5.08. The number of imidazole rings is 1. The number of carboxylic acid groups (broad SMARTS) is 1. The number of fused-ring (bicyclic) bond motifs is 3. The molecule has 0 amide bonds. The Balaban J connectivity index is 1.61. The number of aromatic nitrogens is 2. The maximum Gasteiger partial charge on any atom is 0.328 e. The third kappa shape index (κ3) is 3.40. The second-order valence-electron chi connectivity index (χ2n) is 6.00. The van der Waals surface area contributed by atoms with Gasteiger partial charge in [-0.15, -0.1) is 0 Å². The molecule has 2 aromatic heterocycles. The van der Waals surface area contributed by atoms with Gasteiger partial charge in [0.15, 0.2) is 4.96 Å². The van der Waals surface area contributed by atoms with Crippen molar-refractivity contribution in [3.8, 4) is 17.0 Å². The van der Waals surface area contributed by atoms with Crippen LogP contribution in [0.5, 0.6) is 5.75 Å². The molecule has 1 unspecified atom stereocenters. The molecule has 2 heterocycles. The number of ether oxygens (including phenoxy) is 1. The van der Waals surface area contributed by atoms with Crippen molar-refractivity contribution in [3.63, 3.8) is 0 Å². The summed E-state index contributed by atoms with van der Waals surface area (Å²) < 4.78 is 8.38. The lowest BCUT2D eigenvalue weighted by atomic mass is 10.1. The standard InChI is InChI=1S/C19H15N3O4S/c20-13(9-17(23)24)18(25)26-12-5-3-4-11(8-12)14-10-22-15-6-1-2-7-16(15)27-19(22)21-14/h1-8,10,13H,9,20H2,(H,23,24). The summed E-state index contributed by atoms with van der Waals surface area (Å²) in [6, 6.07) is 13.7. The van der Waals surface area contributed by atoms with E-state index in [2.05, 4.69) is 11.1 Å². The summed E-state index contributed by atoms with van der Waals surface area (Å²) in [5, 5.41) is 8.72. The lowest BCUT2D eigenvalue weighted by Crippen LogP contribution is -2.36. The summed E-state index contributed by atoms with van der Waals surface area (Å²) >= 11 is 1.60. The summed E-state index contributed by atoms with van der Waals surface area (Å²) in [5.41, 5.74) is 8.15. The van der Waals surface area contributed by atoms with Gasteiger partial charge in [0, 0.05) is 11.8 Å². The first kappa shape index (κ1) is 17.2. The number of carbonyl (C=O) groups excluding carboxylic acids is 1. The average Bonchev–Trinajstić information content (AvgIpc) is 3.19. The van der Waals surface area contributed by atoms with Gasteiger partial charge in [0.25, 0.3) is 0 Å². The van der Waals surface area contributed by atoms with Gasteiger partial charge in [-0.25, -0.2) is 9.78 Å². The van der Waals surface area contributed by atoms with Crippen LogP contribution in [-0.2, 0) is 9.59 Å². The molecular weight excluding hydrogens is 366 g/mol. The molecule has 8 heteroatoms. The van der Waals surface area contributed by atoms with Crippen LogP contribution >= 0.6 is 11.3 Å². The molecule has 0 bridgehead atoms. The van der Waals surface area contributed by atoms with Crippen LogP contribution in [0.15, 0.2) is 54.7 Å². The van der Waals surface area contributed by atoms with Crippen molar-refractivity contribution in [1.82, 2.24) is 9.38 Å². The van der Waals surface area contributed by atoms with Crippen molar-refractivity contribution in [2.75, 3.05) is 0 Å². The monoisotopic (exact) mass is 381 g/mol. The van der Waals surface area contributed by atoms with Crippen LogP contribution < -0.4 is 10.5 Å². The first-order valence-electron chi connectivity index (χ1n) is 8.17. The highest BCUT2D eigenvalue weighted by Crippen LogP contribution is 2.30. The fourth-order valence-corrected chi connectivity index (χ4v) is 3.78. The number of rotatable bonds is 5. The molecule has 4 aromatic rings. The van der Waals surface area contributed by atoms with E-state index in [1.54, 1.807) is 29.5 Å². The van der Waals surface area contributed by atoms with E-state index in [0.717, 1.165) is 26.4 Å². The molecule has 0 aliphatic heterocycles. The molecule has 0 spiro atoms. The molecule has 1 atom stereocenters. The summed E-state index contributed by atoms with van der Waals surface area (Å²) in [4.78, 5) is 28.1. The quantitative estimate of drug-likeness (QED) is 0.407. The second-order valence-corrected chi connectivity index (χ2v) is 7.01. The summed E-state index contributed by atoms with van der Waals surface area (Å²) in [6.45, 7) is 0. The van der Waals surface area contributed by atoms with Crippen LogP contribution in [0.3, 0.4) is 0 Å². The van der Waals surface area contributed by atoms with Crippen molar-refractivity contribution < 1.29 is 19.4 Å². The first-order chi connectivity index (χ1) is 13.0. The lowest BCUT2D eigenvalue weighted by molar-refractivity contribution is -0.143. The zero-order valence-electron chi connectivity index (χ0n) is 14.0. The Labute approximate surface area is 157 Å². The zero-order valence-corrected chi connectivity index (χ0v) is 14.8. The molecule has 0 aliphatic rings. The molecule has 136 valence electrons. The highest BCUT2D eigenvalue weighted by atomic mass is 32.1. The molecule has 27 heavy (non-hydrogen) atoms. The maximum absolute atomic E-state index is 11.9. The van der Waals surface area contributed by atoms with Gasteiger partial charge in [0.1, 0.15) is 11.8 Å². The number of benzene rings is 2.